The van der Waals surface area contributed by atoms with E-state index >= 15 is 0 Å². The second-order valence-electron chi connectivity index (χ2n) is 5.84. The molecular formula is C20H18N2O5S. The van der Waals surface area contributed by atoms with Crippen molar-refractivity contribution in [2.45, 2.75) is 4.90 Å². The number of hydroxylamine groups is 1. The molecule has 2 aromatic carbocycles. The fourth-order valence-corrected chi connectivity index (χ4v) is 3.78. The minimum absolute atomic E-state index is 0.143. The molecule has 28 heavy (non-hydrogen) atoms. The molecule has 3 aromatic rings. The Kier molecular flexibility index (Phi) is 5.62. The smallest absolute Gasteiger partial charge is 0.267 e. The molecule has 0 atom stereocenters. The van der Waals surface area contributed by atoms with E-state index in [0.717, 1.165) is 26.9 Å². The van der Waals surface area contributed by atoms with E-state index in [9.17, 15) is 13.2 Å². The Morgan fingerprint density at radius 3 is 2.21 bits per heavy atom. The lowest BCUT2D eigenvalue weighted by atomic mass is 10.1. The van der Waals surface area contributed by atoms with Gasteiger partial charge in [-0.3, -0.25) is 10.0 Å². The Morgan fingerprint density at radius 1 is 1.04 bits per heavy atom. The zero-order valence-electron chi connectivity index (χ0n) is 14.9. The van der Waals surface area contributed by atoms with E-state index in [1.807, 2.05) is 24.3 Å². The lowest BCUT2D eigenvalue weighted by molar-refractivity contribution is -0.124. The second kappa shape index (κ2) is 8.12. The molecule has 0 bridgehead atoms. The van der Waals surface area contributed by atoms with Gasteiger partial charge in [0, 0.05) is 18.5 Å². The Balaban J connectivity index is 1.83. The predicted octanol–water partition coefficient (Wildman–Crippen LogP) is 2.92. The molecule has 2 N–H and O–H groups in total. The maximum absolute atomic E-state index is 12.8. The zero-order valence-corrected chi connectivity index (χ0v) is 15.8. The van der Waals surface area contributed by atoms with Gasteiger partial charge in [-0.15, -0.1) is 0 Å². The summed E-state index contributed by atoms with van der Waals surface area (Å²) in [5, 5.41) is 8.47. The van der Waals surface area contributed by atoms with Gasteiger partial charge in [0.25, 0.3) is 15.9 Å². The highest BCUT2D eigenvalue weighted by atomic mass is 32.2. The standard InChI is InChI=1S/C20H18N2O5S/c1-27-18-7-3-16(4-8-18)17-5-9-19(10-6-17)28(25,26)22-13-12-15(14-22)2-11-20(23)21-24/h2-14,24H,1H3,(H,21,23)/b11-2+. The number of ether oxygens (including phenoxy) is 1. The molecule has 0 fully saturated rings. The quantitative estimate of drug-likeness (QED) is 0.378. The van der Waals surface area contributed by atoms with E-state index in [-0.39, 0.29) is 4.90 Å². The molecule has 0 radical (unpaired) electrons. The van der Waals surface area contributed by atoms with Crippen molar-refractivity contribution >= 4 is 22.0 Å². The van der Waals surface area contributed by atoms with Gasteiger partial charge in [-0.1, -0.05) is 24.3 Å². The Labute approximate surface area is 162 Å². The molecule has 8 heteroatoms. The number of hydrogen-bond donors (Lipinski definition) is 2. The zero-order chi connectivity index (χ0) is 20.1. The molecule has 0 aliphatic heterocycles. The van der Waals surface area contributed by atoms with E-state index in [1.165, 1.54) is 23.9 Å². The van der Waals surface area contributed by atoms with E-state index in [1.54, 1.807) is 37.4 Å². The molecule has 0 saturated heterocycles. The van der Waals surface area contributed by atoms with Crippen LogP contribution in [0.1, 0.15) is 5.56 Å². The number of nitrogens with one attached hydrogen (secondary N) is 1. The van der Waals surface area contributed by atoms with E-state index in [4.69, 9.17) is 9.94 Å². The molecule has 1 aromatic heterocycles. The summed E-state index contributed by atoms with van der Waals surface area (Å²) in [6, 6.07) is 15.6. The highest BCUT2D eigenvalue weighted by Gasteiger charge is 2.16. The lowest BCUT2D eigenvalue weighted by Gasteiger charge is -2.08. The van der Waals surface area contributed by atoms with Crippen molar-refractivity contribution in [3.63, 3.8) is 0 Å². The first-order valence-electron chi connectivity index (χ1n) is 8.24. The summed E-state index contributed by atoms with van der Waals surface area (Å²) < 4.78 is 31.8. The van der Waals surface area contributed by atoms with Crippen LogP contribution in [-0.2, 0) is 14.8 Å². The molecule has 144 valence electrons. The van der Waals surface area contributed by atoms with Crippen molar-refractivity contribution in [1.82, 2.24) is 9.45 Å². The molecular weight excluding hydrogens is 380 g/mol. The average Bonchev–Trinajstić information content (AvgIpc) is 3.22. The number of hydrogen-bond acceptors (Lipinski definition) is 5. The summed E-state index contributed by atoms with van der Waals surface area (Å²) in [6.07, 6.45) is 5.26. The molecule has 0 spiro atoms. The van der Waals surface area contributed by atoms with E-state index < -0.39 is 15.9 Å². The maximum atomic E-state index is 12.8. The number of benzene rings is 2. The fourth-order valence-electron chi connectivity index (χ4n) is 2.57. The van der Waals surface area contributed by atoms with Gasteiger partial charge in [-0.25, -0.2) is 17.9 Å². The number of carbonyl (C=O) groups excluding carboxylic acids is 1. The lowest BCUT2D eigenvalue weighted by Crippen LogP contribution is -2.14. The van der Waals surface area contributed by atoms with Gasteiger partial charge in [0.2, 0.25) is 0 Å². The Morgan fingerprint density at radius 2 is 1.64 bits per heavy atom. The highest BCUT2D eigenvalue weighted by Crippen LogP contribution is 2.24. The largest absolute Gasteiger partial charge is 0.497 e. The molecule has 1 heterocycles. The summed E-state index contributed by atoms with van der Waals surface area (Å²) in [5.41, 5.74) is 3.79. The molecule has 0 aliphatic carbocycles. The summed E-state index contributed by atoms with van der Waals surface area (Å²) in [4.78, 5) is 11.2. The molecule has 0 unspecified atom stereocenters. The summed E-state index contributed by atoms with van der Waals surface area (Å²) in [7, 11) is -2.16. The number of rotatable bonds is 6. The van der Waals surface area contributed by atoms with Crippen molar-refractivity contribution in [2.24, 2.45) is 0 Å². The van der Waals surface area contributed by atoms with Gasteiger partial charge in [0.15, 0.2) is 0 Å². The van der Waals surface area contributed by atoms with Crippen LogP contribution < -0.4 is 10.2 Å². The third-order valence-corrected chi connectivity index (χ3v) is 5.73. The molecule has 1 amide bonds. The first kappa shape index (κ1) is 19.4. The van der Waals surface area contributed by atoms with Crippen molar-refractivity contribution in [3.8, 4) is 16.9 Å². The third-order valence-electron chi connectivity index (χ3n) is 4.08. The van der Waals surface area contributed by atoms with E-state index in [2.05, 4.69) is 0 Å². The highest BCUT2D eigenvalue weighted by molar-refractivity contribution is 7.90. The first-order chi connectivity index (χ1) is 13.4. The molecule has 7 nitrogen and oxygen atoms in total. The maximum Gasteiger partial charge on any atom is 0.267 e. The van der Waals surface area contributed by atoms with Gasteiger partial charge in [0.1, 0.15) is 5.75 Å². The topological polar surface area (TPSA) is 97.6 Å². The van der Waals surface area contributed by atoms with Gasteiger partial charge in [-0.2, -0.15) is 0 Å². The van der Waals surface area contributed by atoms with Crippen LogP contribution in [0.15, 0.2) is 78.0 Å². The van der Waals surface area contributed by atoms with Crippen LogP contribution in [0.3, 0.4) is 0 Å². The van der Waals surface area contributed by atoms with Gasteiger partial charge in [0.05, 0.1) is 12.0 Å². The molecule has 3 rings (SSSR count). The van der Waals surface area contributed by atoms with Gasteiger partial charge < -0.3 is 4.74 Å². The monoisotopic (exact) mass is 398 g/mol. The number of nitrogens with zero attached hydrogens (tertiary/aromatic N) is 1. The van der Waals surface area contributed by atoms with Crippen molar-refractivity contribution in [1.29, 1.82) is 0 Å². The predicted molar refractivity (Wildman–Crippen MR) is 104 cm³/mol. The van der Waals surface area contributed by atoms with Crippen molar-refractivity contribution < 1.29 is 23.2 Å². The SMILES string of the molecule is COc1ccc(-c2ccc(S(=O)(=O)n3ccc(/C=C/C(=O)NO)c3)cc2)cc1. The summed E-state index contributed by atoms with van der Waals surface area (Å²) in [5.74, 6) is 0.0432. The van der Waals surface area contributed by atoms with Crippen molar-refractivity contribution in [3.05, 3.63) is 78.6 Å². The van der Waals surface area contributed by atoms with Crippen LogP contribution in [-0.4, -0.2) is 30.6 Å². The van der Waals surface area contributed by atoms with Crippen LogP contribution in [0, 0.1) is 0 Å². The van der Waals surface area contributed by atoms with E-state index in [0.29, 0.717) is 5.56 Å². The van der Waals surface area contributed by atoms with Crippen LogP contribution in [0.25, 0.3) is 17.2 Å². The number of amides is 1. The van der Waals surface area contributed by atoms with Gasteiger partial charge in [-0.05, 0) is 53.1 Å². The minimum Gasteiger partial charge on any atom is -0.497 e. The Bertz CT molecular complexity index is 1100. The van der Waals surface area contributed by atoms with Crippen LogP contribution >= 0.6 is 0 Å². The van der Waals surface area contributed by atoms with Crippen LogP contribution in [0.2, 0.25) is 0 Å². The summed E-state index contributed by atoms with van der Waals surface area (Å²) in [6.45, 7) is 0. The van der Waals surface area contributed by atoms with Crippen LogP contribution in [0.4, 0.5) is 0 Å². The first-order valence-corrected chi connectivity index (χ1v) is 9.68. The number of methoxy groups -OCH3 is 1. The molecule has 0 saturated carbocycles. The van der Waals surface area contributed by atoms with Crippen molar-refractivity contribution in [2.75, 3.05) is 7.11 Å². The average molecular weight is 398 g/mol. The van der Waals surface area contributed by atoms with Gasteiger partial charge >= 0.3 is 0 Å². The fraction of sp³-hybridized carbons (Fsp3) is 0.0500. The Hall–Kier alpha value is -3.36. The summed E-state index contributed by atoms with van der Waals surface area (Å²) >= 11 is 0. The number of carbonyl (C=O) groups is 1. The third kappa shape index (κ3) is 4.13. The van der Waals surface area contributed by atoms with Crippen LogP contribution in [0.5, 0.6) is 5.75 Å². The minimum atomic E-state index is -3.76. The molecule has 0 aliphatic rings. The number of aromatic nitrogens is 1. The second-order valence-corrected chi connectivity index (χ2v) is 7.69. The normalized spacial score (nSPS) is 11.5.